The summed E-state index contributed by atoms with van der Waals surface area (Å²) in [6.45, 7) is 10.5. The molecule has 0 saturated carbocycles. The summed E-state index contributed by atoms with van der Waals surface area (Å²) < 4.78 is 8.90. The Kier molecular flexibility index (Phi) is 39.6. The van der Waals surface area contributed by atoms with Crippen LogP contribution in [0.2, 0.25) is 0 Å². The van der Waals surface area contributed by atoms with Gasteiger partial charge in [-0.1, -0.05) is 0 Å². The molecule has 0 bridgehead atoms. The van der Waals surface area contributed by atoms with E-state index in [-0.39, 0.29) is 44.6 Å². The molecule has 0 fully saturated rings. The first-order valence-corrected chi connectivity index (χ1v) is 14.8. The van der Waals surface area contributed by atoms with Crippen LogP contribution in [-0.2, 0) is 23.1 Å². The normalized spacial score (nSPS) is 10.7. The van der Waals surface area contributed by atoms with Crippen LogP contribution in [0, 0.1) is 0 Å². The Hall–Kier alpha value is 1.21. The van der Waals surface area contributed by atoms with Crippen molar-refractivity contribution < 1.29 is 23.1 Å². The van der Waals surface area contributed by atoms with E-state index in [0.717, 1.165) is 6.61 Å². The molecule has 0 saturated heterocycles. The Morgan fingerprint density at radius 3 is 1.16 bits per heavy atom. The predicted octanol–water partition coefficient (Wildman–Crippen LogP) is 9.92. The number of unbranched alkanes of at least 4 members (excludes halogenated alkanes) is 17. The van der Waals surface area contributed by atoms with Crippen LogP contribution in [0.25, 0.3) is 0 Å². The fraction of sp³-hybridized carbons (Fsp3) is 1.00. The zero-order valence-electron chi connectivity index (χ0n) is 21.4. The van der Waals surface area contributed by atoms with Gasteiger partial charge in [0.1, 0.15) is 0 Å². The molecule has 2 nitrogen and oxygen atoms in total. The second kappa shape index (κ2) is 33.4. The van der Waals surface area contributed by atoms with Gasteiger partial charge in [0, 0.05) is 0 Å². The van der Waals surface area contributed by atoms with E-state index in [0.29, 0.717) is 0 Å². The number of rotatable bonds is 25. The van der Waals surface area contributed by atoms with Crippen molar-refractivity contribution in [3.8, 4) is 0 Å². The summed E-state index contributed by atoms with van der Waals surface area (Å²) in [6, 6.07) is 0. The van der Waals surface area contributed by atoms with Crippen LogP contribution < -0.4 is 0 Å². The zero-order valence-corrected chi connectivity index (χ0v) is 24.6. The molecule has 0 atom stereocenters. The summed E-state index contributed by atoms with van der Waals surface area (Å²) in [5.41, 5.74) is 0. The van der Waals surface area contributed by atoms with Gasteiger partial charge in [-0.15, -0.1) is 24.8 Å². The molecule has 0 radical (unpaired) electrons. The third kappa shape index (κ3) is 31.2. The molecule has 31 heavy (non-hydrogen) atoms. The van der Waals surface area contributed by atoms with Gasteiger partial charge >= 0.3 is 195 Å². The van der Waals surface area contributed by atoms with Crippen molar-refractivity contribution in [3.05, 3.63) is 0 Å². The van der Waals surface area contributed by atoms with Crippen LogP contribution in [-0.4, -0.2) is 23.1 Å². The van der Waals surface area contributed by atoms with E-state index in [9.17, 15) is 0 Å². The molecule has 0 aliphatic carbocycles. The van der Waals surface area contributed by atoms with E-state index in [1.54, 1.807) is 0 Å². The third-order valence-electron chi connectivity index (χ3n) is 5.86. The number of nitrogens with zero attached hydrogens (tertiary/aromatic N) is 1. The Labute approximate surface area is 219 Å². The largest absolute Gasteiger partial charge is 0.147 e. The summed E-state index contributed by atoms with van der Waals surface area (Å²) in [6.07, 6.45) is 28.0. The minimum atomic E-state index is -0.346. The van der Waals surface area contributed by atoms with Gasteiger partial charge in [-0.3, -0.25) is 0 Å². The summed E-state index contributed by atoms with van der Waals surface area (Å²) >= 11 is -0.346. The molecule has 0 aliphatic heterocycles. The van der Waals surface area contributed by atoms with Gasteiger partial charge < -0.3 is 0 Å². The van der Waals surface area contributed by atoms with Crippen molar-refractivity contribution >= 4 is 24.8 Å². The van der Waals surface area contributed by atoms with Crippen molar-refractivity contribution in [2.75, 3.05) is 19.7 Å². The molecule has 0 aliphatic rings. The number of halogens is 2. The summed E-state index contributed by atoms with van der Waals surface area (Å²) in [7, 11) is 0. The van der Waals surface area contributed by atoms with Crippen LogP contribution in [0.5, 0.6) is 0 Å². The van der Waals surface area contributed by atoms with Crippen molar-refractivity contribution in [2.24, 2.45) is 0 Å². The monoisotopic (exact) mass is 517 g/mol. The molecule has 0 rings (SSSR count). The van der Waals surface area contributed by atoms with Crippen LogP contribution in [0.15, 0.2) is 0 Å². The Balaban J connectivity index is -0.00000392. The van der Waals surface area contributed by atoms with Crippen molar-refractivity contribution in [2.45, 2.75) is 149 Å². The van der Waals surface area contributed by atoms with E-state index in [1.165, 1.54) is 142 Å². The minimum Gasteiger partial charge on any atom is -0.147 e. The van der Waals surface area contributed by atoms with Crippen molar-refractivity contribution in [1.29, 1.82) is 0 Å². The molecule has 0 aromatic carbocycles. The second-order valence-corrected chi connectivity index (χ2v) is 10.7. The molecule has 0 aromatic rings. The average Bonchev–Trinajstić information content (AvgIpc) is 2.73. The molecule has 0 aromatic heterocycles. The fourth-order valence-electron chi connectivity index (χ4n) is 3.81. The smallest absolute Gasteiger partial charge is 0.147 e. The van der Waals surface area contributed by atoms with E-state index in [1.807, 2.05) is 0 Å². The van der Waals surface area contributed by atoms with Gasteiger partial charge in [0.15, 0.2) is 0 Å². The second-order valence-electron chi connectivity index (χ2n) is 8.94. The zero-order chi connectivity index (χ0) is 21.3. The van der Waals surface area contributed by atoms with E-state index in [4.69, 9.17) is 3.32 Å². The van der Waals surface area contributed by atoms with E-state index >= 15 is 0 Å². The minimum absolute atomic E-state index is 0. The molecule has 0 unspecified atom stereocenters. The average molecular weight is 519 g/mol. The molecular weight excluding hydrogens is 461 g/mol. The summed E-state index contributed by atoms with van der Waals surface area (Å²) in [5.74, 6) is 0. The molecule has 0 N–H and O–H groups in total. The molecule has 0 spiro atoms. The van der Waals surface area contributed by atoms with Gasteiger partial charge in [0.25, 0.3) is 0 Å². The molecule has 0 heterocycles. The predicted molar refractivity (Wildman–Crippen MR) is 141 cm³/mol. The fourth-order valence-corrected chi connectivity index (χ4v) is 5.25. The Bertz CT molecular complexity index is 283. The first-order chi connectivity index (χ1) is 14.3. The molecule has 190 valence electrons. The third-order valence-corrected chi connectivity index (χ3v) is 7.48. The summed E-state index contributed by atoms with van der Waals surface area (Å²) in [5, 5.41) is 0. The SMILES string of the molecule is CCCCCCCCCC[O][Ti][N](CCCCCCCC)CCCCCCCC.Cl.Cl. The number of hydrogen-bond acceptors (Lipinski definition) is 2. The maximum atomic E-state index is 6.18. The quantitative estimate of drug-likeness (QED) is 0.0881. The van der Waals surface area contributed by atoms with Gasteiger partial charge in [0.05, 0.1) is 0 Å². The first kappa shape index (κ1) is 36.8. The maximum absolute atomic E-state index is 6.18. The van der Waals surface area contributed by atoms with Crippen LogP contribution in [0.1, 0.15) is 149 Å². The standard InChI is InChI=1S/C16H34N.C10H21O.2ClH.Ti/c1-3-5-7-9-11-13-15-17-16-14-12-10-8-6-4-2;1-2-3-4-5-6-7-8-9-10-11;;;/h3-16H2,1-2H3;2-10H2,1H3;2*1H;/q2*-1;;;+2. The van der Waals surface area contributed by atoms with Crippen LogP contribution >= 0.6 is 24.8 Å². The van der Waals surface area contributed by atoms with Gasteiger partial charge in [-0.05, 0) is 0 Å². The van der Waals surface area contributed by atoms with Gasteiger partial charge in [-0.2, -0.15) is 0 Å². The molecule has 0 amide bonds. The van der Waals surface area contributed by atoms with Crippen molar-refractivity contribution in [3.63, 3.8) is 0 Å². The molecule has 5 heteroatoms. The maximum Gasteiger partial charge on any atom is -0.147 e. The first-order valence-electron chi connectivity index (χ1n) is 13.5. The van der Waals surface area contributed by atoms with Gasteiger partial charge in [0.2, 0.25) is 0 Å². The Morgan fingerprint density at radius 1 is 0.452 bits per heavy atom. The van der Waals surface area contributed by atoms with E-state index in [2.05, 4.69) is 24.2 Å². The topological polar surface area (TPSA) is 12.5 Å². The van der Waals surface area contributed by atoms with E-state index < -0.39 is 0 Å². The van der Waals surface area contributed by atoms with Crippen LogP contribution in [0.3, 0.4) is 0 Å². The number of hydrogen-bond donors (Lipinski definition) is 0. The van der Waals surface area contributed by atoms with Crippen molar-refractivity contribution in [1.82, 2.24) is 3.38 Å². The van der Waals surface area contributed by atoms with Gasteiger partial charge in [-0.25, -0.2) is 0 Å². The molecular formula is C26H57Cl2NOTi. The Morgan fingerprint density at radius 2 is 0.774 bits per heavy atom. The summed E-state index contributed by atoms with van der Waals surface area (Å²) in [4.78, 5) is 0. The van der Waals surface area contributed by atoms with Crippen LogP contribution in [0.4, 0.5) is 0 Å².